The van der Waals surface area contributed by atoms with Crippen LogP contribution in [0, 0.1) is 11.8 Å². The van der Waals surface area contributed by atoms with Crippen molar-refractivity contribution in [1.29, 1.82) is 0 Å². The van der Waals surface area contributed by atoms with E-state index in [9.17, 15) is 20.4 Å². The second-order valence-electron chi connectivity index (χ2n) is 8.46. The third-order valence-corrected chi connectivity index (χ3v) is 6.98. The zero-order chi connectivity index (χ0) is 19.8. The number of fused-ring (bicyclic) bond motifs is 1. The summed E-state index contributed by atoms with van der Waals surface area (Å²) < 4.78 is 11.9. The molecule has 0 radical (unpaired) electrons. The molecule has 0 spiro atoms. The zero-order valence-electron chi connectivity index (χ0n) is 15.8. The number of aliphatic hydroxyl groups is 4. The summed E-state index contributed by atoms with van der Waals surface area (Å²) in [5.41, 5.74) is 0.590. The minimum atomic E-state index is -1.41. The number of ether oxygens (including phenoxy) is 2. The smallest absolute Gasteiger partial charge is 0.138 e. The highest BCUT2D eigenvalue weighted by Crippen LogP contribution is 2.44. The van der Waals surface area contributed by atoms with Crippen LogP contribution in [0.3, 0.4) is 0 Å². The molecular formula is C21H29ClO6. The fourth-order valence-electron chi connectivity index (χ4n) is 5.12. The van der Waals surface area contributed by atoms with Crippen molar-refractivity contribution in [2.45, 2.75) is 75.1 Å². The Labute approximate surface area is 170 Å². The summed E-state index contributed by atoms with van der Waals surface area (Å²) in [5.74, 6) is 2.03. The quantitative estimate of drug-likeness (QED) is 0.605. The lowest BCUT2D eigenvalue weighted by Crippen LogP contribution is -2.55. The van der Waals surface area contributed by atoms with Gasteiger partial charge in [0.2, 0.25) is 0 Å². The van der Waals surface area contributed by atoms with Crippen LogP contribution in [0.4, 0.5) is 0 Å². The SMILES string of the molecule is OC[C@H]1O[C@@H](c2ccc(Cl)c(OC3CC4CCCCC4C3)c2)[C@H](O)[C@@H](O)[C@@H]1O. The molecule has 1 saturated heterocycles. The zero-order valence-corrected chi connectivity index (χ0v) is 16.5. The maximum absolute atomic E-state index is 10.4. The largest absolute Gasteiger partial charge is 0.489 e. The topological polar surface area (TPSA) is 99.4 Å². The highest BCUT2D eigenvalue weighted by atomic mass is 35.5. The van der Waals surface area contributed by atoms with Gasteiger partial charge in [-0.3, -0.25) is 0 Å². The van der Waals surface area contributed by atoms with Crippen LogP contribution in [-0.4, -0.2) is 57.6 Å². The molecule has 3 aliphatic rings. The Bertz CT molecular complexity index is 669. The number of aliphatic hydroxyl groups excluding tert-OH is 4. The van der Waals surface area contributed by atoms with Crippen molar-refractivity contribution >= 4 is 11.6 Å². The number of benzene rings is 1. The first-order valence-electron chi connectivity index (χ1n) is 10.2. The van der Waals surface area contributed by atoms with Gasteiger partial charge in [0.05, 0.1) is 17.7 Å². The molecule has 3 fully saturated rings. The van der Waals surface area contributed by atoms with E-state index in [0.29, 0.717) is 16.3 Å². The lowest BCUT2D eigenvalue weighted by Gasteiger charge is -2.40. The van der Waals surface area contributed by atoms with Crippen molar-refractivity contribution in [2.24, 2.45) is 11.8 Å². The summed E-state index contributed by atoms with van der Waals surface area (Å²) in [6.45, 7) is -0.455. The third kappa shape index (κ3) is 3.91. The van der Waals surface area contributed by atoms with E-state index in [1.54, 1.807) is 18.2 Å². The fraction of sp³-hybridized carbons (Fsp3) is 0.714. The summed E-state index contributed by atoms with van der Waals surface area (Å²) in [4.78, 5) is 0. The molecule has 156 valence electrons. The van der Waals surface area contributed by atoms with E-state index in [2.05, 4.69) is 0 Å². The van der Waals surface area contributed by atoms with Gasteiger partial charge < -0.3 is 29.9 Å². The summed E-state index contributed by atoms with van der Waals surface area (Å²) >= 11 is 6.35. The van der Waals surface area contributed by atoms with Gasteiger partial charge in [-0.25, -0.2) is 0 Å². The van der Waals surface area contributed by atoms with Crippen LogP contribution in [0.2, 0.25) is 5.02 Å². The van der Waals surface area contributed by atoms with Gasteiger partial charge in [0.25, 0.3) is 0 Å². The van der Waals surface area contributed by atoms with Crippen LogP contribution in [-0.2, 0) is 4.74 Å². The van der Waals surface area contributed by atoms with Crippen LogP contribution in [0.15, 0.2) is 18.2 Å². The average molecular weight is 413 g/mol. The Morgan fingerprint density at radius 3 is 2.32 bits per heavy atom. The normalized spacial score (nSPS) is 40.9. The van der Waals surface area contributed by atoms with Crippen LogP contribution in [0.1, 0.15) is 50.2 Å². The van der Waals surface area contributed by atoms with Gasteiger partial charge in [-0.1, -0.05) is 43.4 Å². The molecule has 4 rings (SSSR count). The van der Waals surface area contributed by atoms with E-state index >= 15 is 0 Å². The van der Waals surface area contributed by atoms with Crippen molar-refractivity contribution in [3.63, 3.8) is 0 Å². The van der Waals surface area contributed by atoms with Crippen molar-refractivity contribution in [3.05, 3.63) is 28.8 Å². The van der Waals surface area contributed by atoms with Crippen LogP contribution in [0.5, 0.6) is 5.75 Å². The number of rotatable bonds is 4. The molecule has 1 aromatic carbocycles. The van der Waals surface area contributed by atoms with Gasteiger partial charge in [-0.05, 0) is 42.4 Å². The van der Waals surface area contributed by atoms with Crippen molar-refractivity contribution in [1.82, 2.24) is 0 Å². The fourth-order valence-corrected chi connectivity index (χ4v) is 5.28. The third-order valence-electron chi connectivity index (χ3n) is 6.67. The monoisotopic (exact) mass is 412 g/mol. The maximum atomic E-state index is 10.4. The lowest BCUT2D eigenvalue weighted by atomic mass is 9.82. The molecule has 2 saturated carbocycles. The van der Waals surface area contributed by atoms with Crippen molar-refractivity contribution in [3.8, 4) is 5.75 Å². The first-order chi connectivity index (χ1) is 13.5. The Balaban J connectivity index is 1.50. The molecule has 2 aliphatic carbocycles. The minimum absolute atomic E-state index is 0.135. The molecule has 1 aliphatic heterocycles. The standard InChI is InChI=1S/C21H29ClO6/c22-15-6-5-13(21-20(26)19(25)18(24)17(10-23)28-21)9-16(15)27-14-7-11-3-1-2-4-12(11)8-14/h5-6,9,11-12,14,17-21,23-26H,1-4,7-8,10H2/t11?,12?,14?,17-,18-,19+,20-,21+/m1/s1. The van der Waals surface area contributed by atoms with Gasteiger partial charge in [-0.15, -0.1) is 0 Å². The van der Waals surface area contributed by atoms with E-state index in [-0.39, 0.29) is 6.10 Å². The van der Waals surface area contributed by atoms with E-state index in [0.717, 1.165) is 24.7 Å². The van der Waals surface area contributed by atoms with Gasteiger partial charge >= 0.3 is 0 Å². The molecule has 0 aromatic heterocycles. The lowest BCUT2D eigenvalue weighted by molar-refractivity contribution is -0.231. The van der Waals surface area contributed by atoms with Crippen molar-refractivity contribution < 1.29 is 29.9 Å². The maximum Gasteiger partial charge on any atom is 0.138 e. The van der Waals surface area contributed by atoms with E-state index in [4.69, 9.17) is 21.1 Å². The van der Waals surface area contributed by atoms with Crippen molar-refractivity contribution in [2.75, 3.05) is 6.61 Å². The molecular weight excluding hydrogens is 384 g/mol. The Kier molecular flexibility index (Phi) is 6.16. The van der Waals surface area contributed by atoms with E-state index in [1.165, 1.54) is 25.7 Å². The molecule has 7 heteroatoms. The predicted octanol–water partition coefficient (Wildman–Crippen LogP) is 2.20. The molecule has 0 amide bonds. The number of halogens is 1. The second kappa shape index (κ2) is 8.46. The Morgan fingerprint density at radius 2 is 1.68 bits per heavy atom. The van der Waals surface area contributed by atoms with E-state index in [1.807, 2.05) is 0 Å². The Morgan fingerprint density at radius 1 is 1.00 bits per heavy atom. The molecule has 4 N–H and O–H groups in total. The van der Waals surface area contributed by atoms with Gasteiger partial charge in [-0.2, -0.15) is 0 Å². The summed E-state index contributed by atoms with van der Waals surface area (Å²) in [5, 5.41) is 40.3. The van der Waals surface area contributed by atoms with Gasteiger partial charge in [0.15, 0.2) is 0 Å². The molecule has 7 atom stereocenters. The molecule has 6 nitrogen and oxygen atoms in total. The number of hydrogen-bond donors (Lipinski definition) is 4. The van der Waals surface area contributed by atoms with Crippen LogP contribution >= 0.6 is 11.6 Å². The highest BCUT2D eigenvalue weighted by Gasteiger charge is 2.44. The van der Waals surface area contributed by atoms with E-state index < -0.39 is 37.1 Å². The molecule has 1 aromatic rings. The summed E-state index contributed by atoms with van der Waals surface area (Å²) in [6.07, 6.45) is 1.47. The van der Waals surface area contributed by atoms with Crippen LogP contribution in [0.25, 0.3) is 0 Å². The van der Waals surface area contributed by atoms with Gasteiger partial charge in [0.1, 0.15) is 36.3 Å². The molecule has 2 unspecified atom stereocenters. The molecule has 1 heterocycles. The molecule has 28 heavy (non-hydrogen) atoms. The minimum Gasteiger partial charge on any atom is -0.489 e. The first-order valence-corrected chi connectivity index (χ1v) is 10.6. The first kappa shape index (κ1) is 20.4. The summed E-state index contributed by atoms with van der Waals surface area (Å²) in [7, 11) is 0. The second-order valence-corrected chi connectivity index (χ2v) is 8.86. The average Bonchev–Trinajstić information content (AvgIpc) is 3.11. The Hall–Kier alpha value is -0.890. The van der Waals surface area contributed by atoms with Crippen LogP contribution < -0.4 is 4.74 Å². The van der Waals surface area contributed by atoms with Gasteiger partial charge in [0, 0.05) is 0 Å². The highest BCUT2D eigenvalue weighted by molar-refractivity contribution is 6.32. The number of hydrogen-bond acceptors (Lipinski definition) is 6. The predicted molar refractivity (Wildman–Crippen MR) is 103 cm³/mol. The summed E-state index contributed by atoms with van der Waals surface area (Å²) in [6, 6.07) is 5.13. The molecule has 0 bridgehead atoms.